The third kappa shape index (κ3) is 2.29. The SMILES string of the molecule is O=C1C(=O)N(Cc2ccc(Cl)cc2)c2cc(F)c(F)cc21. The van der Waals surface area contributed by atoms with E-state index in [4.69, 9.17) is 11.6 Å². The molecule has 106 valence electrons. The zero-order valence-electron chi connectivity index (χ0n) is 10.6. The van der Waals surface area contributed by atoms with Crippen molar-refractivity contribution in [1.82, 2.24) is 0 Å². The molecule has 2 aromatic rings. The normalized spacial score (nSPS) is 13.8. The van der Waals surface area contributed by atoms with Crippen LogP contribution in [0.25, 0.3) is 0 Å². The largest absolute Gasteiger partial charge is 0.300 e. The summed E-state index contributed by atoms with van der Waals surface area (Å²) in [6.07, 6.45) is 0. The predicted molar refractivity (Wildman–Crippen MR) is 73.3 cm³/mol. The zero-order chi connectivity index (χ0) is 15.1. The van der Waals surface area contributed by atoms with Crippen LogP contribution in [0.1, 0.15) is 15.9 Å². The van der Waals surface area contributed by atoms with Gasteiger partial charge in [-0.05, 0) is 23.8 Å². The van der Waals surface area contributed by atoms with Crippen LogP contribution in [0.5, 0.6) is 0 Å². The molecule has 0 radical (unpaired) electrons. The molecule has 0 spiro atoms. The molecule has 3 rings (SSSR count). The highest BCUT2D eigenvalue weighted by Gasteiger charge is 2.37. The average Bonchev–Trinajstić information content (AvgIpc) is 2.67. The van der Waals surface area contributed by atoms with E-state index < -0.39 is 23.3 Å². The lowest BCUT2D eigenvalue weighted by Crippen LogP contribution is -2.29. The number of amides is 1. The van der Waals surface area contributed by atoms with Crippen LogP contribution in [0.4, 0.5) is 14.5 Å². The summed E-state index contributed by atoms with van der Waals surface area (Å²) in [5.41, 5.74) is 0.685. The molecule has 6 heteroatoms. The summed E-state index contributed by atoms with van der Waals surface area (Å²) in [5, 5.41) is 0.538. The number of carbonyl (C=O) groups is 2. The number of nitrogens with zero attached hydrogens (tertiary/aromatic N) is 1. The third-order valence-electron chi connectivity index (χ3n) is 3.27. The molecule has 0 saturated heterocycles. The summed E-state index contributed by atoms with van der Waals surface area (Å²) < 4.78 is 26.6. The number of ketones is 1. The van der Waals surface area contributed by atoms with E-state index in [-0.39, 0.29) is 17.8 Å². The number of Topliss-reactive ketones (excluding diaryl/α,β-unsaturated/α-hetero) is 1. The first kappa shape index (κ1) is 13.7. The maximum Gasteiger partial charge on any atom is 0.299 e. The van der Waals surface area contributed by atoms with Crippen molar-refractivity contribution in [1.29, 1.82) is 0 Å². The van der Waals surface area contributed by atoms with Crippen molar-refractivity contribution in [3.8, 4) is 0 Å². The van der Waals surface area contributed by atoms with Crippen LogP contribution in [0.15, 0.2) is 36.4 Å². The van der Waals surface area contributed by atoms with E-state index in [2.05, 4.69) is 0 Å². The number of halogens is 3. The smallest absolute Gasteiger partial charge is 0.299 e. The molecule has 0 fully saturated rings. The Morgan fingerprint density at radius 1 is 1.00 bits per heavy atom. The van der Waals surface area contributed by atoms with Crippen LogP contribution >= 0.6 is 11.6 Å². The molecule has 0 aromatic heterocycles. The molecule has 0 atom stereocenters. The first-order valence-electron chi connectivity index (χ1n) is 6.07. The maximum absolute atomic E-state index is 13.4. The van der Waals surface area contributed by atoms with Gasteiger partial charge in [-0.25, -0.2) is 8.78 Å². The predicted octanol–water partition coefficient (Wildman–Crippen LogP) is 3.35. The molecule has 1 amide bonds. The van der Waals surface area contributed by atoms with Gasteiger partial charge in [-0.3, -0.25) is 9.59 Å². The summed E-state index contributed by atoms with van der Waals surface area (Å²) in [6, 6.07) is 8.29. The summed E-state index contributed by atoms with van der Waals surface area (Å²) in [5.74, 6) is -3.89. The van der Waals surface area contributed by atoms with Crippen LogP contribution in [-0.4, -0.2) is 11.7 Å². The molecule has 0 aliphatic carbocycles. The van der Waals surface area contributed by atoms with Crippen LogP contribution in [0.2, 0.25) is 5.02 Å². The Hall–Kier alpha value is -2.27. The Morgan fingerprint density at radius 2 is 1.62 bits per heavy atom. The van der Waals surface area contributed by atoms with E-state index in [1.54, 1.807) is 24.3 Å². The van der Waals surface area contributed by atoms with Crippen molar-refractivity contribution in [3.05, 3.63) is 64.2 Å². The van der Waals surface area contributed by atoms with E-state index in [1.807, 2.05) is 0 Å². The second-order valence-electron chi connectivity index (χ2n) is 4.63. The van der Waals surface area contributed by atoms with Gasteiger partial charge in [-0.15, -0.1) is 0 Å². The first-order valence-corrected chi connectivity index (χ1v) is 6.45. The number of hydrogen-bond donors (Lipinski definition) is 0. The third-order valence-corrected chi connectivity index (χ3v) is 3.52. The van der Waals surface area contributed by atoms with Crippen molar-refractivity contribution in [2.75, 3.05) is 4.90 Å². The number of benzene rings is 2. The molecule has 0 saturated carbocycles. The van der Waals surface area contributed by atoms with E-state index >= 15 is 0 Å². The summed E-state index contributed by atoms with van der Waals surface area (Å²) in [7, 11) is 0. The average molecular weight is 308 g/mol. The van der Waals surface area contributed by atoms with Gasteiger partial charge >= 0.3 is 0 Å². The van der Waals surface area contributed by atoms with E-state index in [9.17, 15) is 18.4 Å². The lowest BCUT2D eigenvalue weighted by Gasteiger charge is -2.16. The number of carbonyl (C=O) groups excluding carboxylic acids is 2. The van der Waals surface area contributed by atoms with Crippen molar-refractivity contribution in [2.45, 2.75) is 6.54 Å². The molecule has 0 unspecified atom stereocenters. The highest BCUT2D eigenvalue weighted by molar-refractivity contribution is 6.52. The first-order chi connectivity index (χ1) is 9.97. The fourth-order valence-corrected chi connectivity index (χ4v) is 2.34. The Labute approximate surface area is 123 Å². The zero-order valence-corrected chi connectivity index (χ0v) is 11.3. The van der Waals surface area contributed by atoms with E-state index in [0.717, 1.165) is 22.6 Å². The van der Waals surface area contributed by atoms with Gasteiger partial charge in [0, 0.05) is 11.1 Å². The maximum atomic E-state index is 13.4. The number of anilines is 1. The van der Waals surface area contributed by atoms with Crippen LogP contribution in [-0.2, 0) is 11.3 Å². The number of hydrogen-bond acceptors (Lipinski definition) is 2. The fraction of sp³-hybridized carbons (Fsp3) is 0.0667. The van der Waals surface area contributed by atoms with Crippen molar-refractivity contribution in [3.63, 3.8) is 0 Å². The minimum Gasteiger partial charge on any atom is -0.300 e. The van der Waals surface area contributed by atoms with Gasteiger partial charge in [0.1, 0.15) is 0 Å². The van der Waals surface area contributed by atoms with Gasteiger partial charge in [-0.1, -0.05) is 23.7 Å². The topological polar surface area (TPSA) is 37.4 Å². The molecule has 1 aliphatic heterocycles. The Morgan fingerprint density at radius 3 is 2.29 bits per heavy atom. The lowest BCUT2D eigenvalue weighted by molar-refractivity contribution is -0.114. The minimum atomic E-state index is -1.15. The molecular weight excluding hydrogens is 300 g/mol. The molecule has 0 bridgehead atoms. The van der Waals surface area contributed by atoms with Crippen LogP contribution in [0, 0.1) is 11.6 Å². The highest BCUT2D eigenvalue weighted by Crippen LogP contribution is 2.32. The second kappa shape index (κ2) is 4.93. The Balaban J connectivity index is 2.01. The number of rotatable bonds is 2. The van der Waals surface area contributed by atoms with Crippen molar-refractivity contribution < 1.29 is 18.4 Å². The second-order valence-corrected chi connectivity index (χ2v) is 5.07. The number of fused-ring (bicyclic) bond motifs is 1. The van der Waals surface area contributed by atoms with Gasteiger partial charge in [-0.2, -0.15) is 0 Å². The van der Waals surface area contributed by atoms with Crippen molar-refractivity contribution >= 4 is 29.0 Å². The Kier molecular flexibility index (Phi) is 3.22. The monoisotopic (exact) mass is 307 g/mol. The van der Waals surface area contributed by atoms with E-state index in [0.29, 0.717) is 5.02 Å². The van der Waals surface area contributed by atoms with Gasteiger partial charge in [0.15, 0.2) is 11.6 Å². The minimum absolute atomic E-state index is 0.0823. The summed E-state index contributed by atoms with van der Waals surface area (Å²) in [4.78, 5) is 24.9. The highest BCUT2D eigenvalue weighted by atomic mass is 35.5. The molecule has 1 heterocycles. The molecule has 1 aliphatic rings. The Bertz CT molecular complexity index is 759. The van der Waals surface area contributed by atoms with Crippen LogP contribution < -0.4 is 4.90 Å². The summed E-state index contributed by atoms with van der Waals surface area (Å²) in [6.45, 7) is 0.0831. The molecular formula is C15H8ClF2NO2. The fourth-order valence-electron chi connectivity index (χ4n) is 2.22. The standard InChI is InChI=1S/C15H8ClF2NO2/c16-9-3-1-8(2-4-9)7-19-13-6-12(18)11(17)5-10(13)14(20)15(19)21/h1-6H,7H2. The van der Waals surface area contributed by atoms with Crippen LogP contribution in [0.3, 0.4) is 0 Å². The molecule has 3 nitrogen and oxygen atoms in total. The van der Waals surface area contributed by atoms with Gasteiger partial charge in [0.25, 0.3) is 11.7 Å². The van der Waals surface area contributed by atoms with Gasteiger partial charge in [0.05, 0.1) is 17.8 Å². The van der Waals surface area contributed by atoms with Gasteiger partial charge < -0.3 is 4.90 Å². The van der Waals surface area contributed by atoms with E-state index in [1.165, 1.54) is 0 Å². The summed E-state index contributed by atoms with van der Waals surface area (Å²) >= 11 is 5.77. The molecule has 0 N–H and O–H groups in total. The van der Waals surface area contributed by atoms with Gasteiger partial charge in [0.2, 0.25) is 0 Å². The molecule has 2 aromatic carbocycles. The quantitative estimate of drug-likeness (QED) is 0.798. The van der Waals surface area contributed by atoms with Crippen molar-refractivity contribution in [2.24, 2.45) is 0 Å². The lowest BCUT2D eigenvalue weighted by atomic mass is 10.1. The molecule has 21 heavy (non-hydrogen) atoms.